The van der Waals surface area contributed by atoms with Gasteiger partial charge in [-0.1, -0.05) is 25.0 Å². The lowest BCUT2D eigenvalue weighted by molar-refractivity contribution is -0.132. The first kappa shape index (κ1) is 35.6. The molecule has 9 heteroatoms. The maximum Gasteiger partial charge on any atom is 0.179 e. The summed E-state index contributed by atoms with van der Waals surface area (Å²) in [4.78, 5) is 40.4. The number of aromatic nitrogens is 2. The third kappa shape index (κ3) is 9.09. The third-order valence-electron chi connectivity index (χ3n) is 11.4. The summed E-state index contributed by atoms with van der Waals surface area (Å²) in [7, 11) is 0. The highest BCUT2D eigenvalue weighted by Gasteiger charge is 2.40. The fraction of sp³-hybridized carbons (Fsp3) is 0.718. The summed E-state index contributed by atoms with van der Waals surface area (Å²) in [6, 6.07) is 8.98. The molecule has 0 radical (unpaired) electrons. The number of ketones is 1. The first-order valence-corrected chi connectivity index (χ1v) is 19.2. The first-order chi connectivity index (χ1) is 23.4. The first-order valence-electron chi connectivity index (χ1n) is 19.2. The van der Waals surface area contributed by atoms with E-state index in [1.165, 1.54) is 75.8 Å². The van der Waals surface area contributed by atoms with Crippen LogP contribution in [-0.4, -0.2) is 136 Å². The van der Waals surface area contributed by atoms with Gasteiger partial charge in [0.25, 0.3) is 0 Å². The normalized spacial score (nSPS) is 23.1. The summed E-state index contributed by atoms with van der Waals surface area (Å²) in [6.07, 6.45) is 11.9. The van der Waals surface area contributed by atoms with Crippen LogP contribution in [0.3, 0.4) is 0 Å². The Hall–Kier alpha value is -2.27. The Morgan fingerprint density at radius 1 is 0.521 bits per heavy atom. The van der Waals surface area contributed by atoms with Crippen LogP contribution >= 0.6 is 0 Å². The second kappa shape index (κ2) is 17.1. The van der Waals surface area contributed by atoms with E-state index in [9.17, 15) is 0 Å². The summed E-state index contributed by atoms with van der Waals surface area (Å²) in [6.45, 7) is 23.0. The molecule has 9 nitrogen and oxygen atoms in total. The van der Waals surface area contributed by atoms with E-state index in [1.807, 2.05) is 12.4 Å². The number of Topliss-reactive ketones (excluding diaryl/α,β-unsaturated/α-hetero) is 1. The topological polar surface area (TPSA) is 62.3 Å². The lowest BCUT2D eigenvalue weighted by Crippen LogP contribution is -2.55. The molecule has 0 saturated carbocycles. The van der Waals surface area contributed by atoms with Crippen molar-refractivity contribution >= 4 is 5.78 Å². The van der Waals surface area contributed by atoms with Gasteiger partial charge in [-0.2, -0.15) is 0 Å². The van der Waals surface area contributed by atoms with Gasteiger partial charge in [0, 0.05) is 89.9 Å². The molecule has 0 bridgehead atoms. The molecule has 2 unspecified atom stereocenters. The molecule has 4 aliphatic heterocycles. The molecule has 4 saturated heterocycles. The molecular weight excluding hydrogens is 596 g/mol. The number of pyridine rings is 2. The van der Waals surface area contributed by atoms with Crippen molar-refractivity contribution in [2.45, 2.75) is 103 Å². The Morgan fingerprint density at radius 2 is 0.875 bits per heavy atom. The van der Waals surface area contributed by atoms with E-state index < -0.39 is 12.1 Å². The highest BCUT2D eigenvalue weighted by Crippen LogP contribution is 2.33. The minimum absolute atomic E-state index is 0.221. The van der Waals surface area contributed by atoms with Gasteiger partial charge in [0.05, 0.1) is 11.4 Å². The quantitative estimate of drug-likeness (QED) is 0.319. The fourth-order valence-corrected chi connectivity index (χ4v) is 8.33. The molecule has 0 spiro atoms. The van der Waals surface area contributed by atoms with Gasteiger partial charge in [0.1, 0.15) is 12.1 Å². The number of hydrogen-bond acceptors (Lipinski definition) is 9. The lowest BCUT2D eigenvalue weighted by atomic mass is 9.94. The third-order valence-corrected chi connectivity index (χ3v) is 11.4. The number of piperidine rings is 2. The molecule has 48 heavy (non-hydrogen) atoms. The van der Waals surface area contributed by atoms with Gasteiger partial charge < -0.3 is 0 Å². The molecule has 2 aromatic rings. The van der Waals surface area contributed by atoms with Crippen molar-refractivity contribution < 1.29 is 4.79 Å². The lowest BCUT2D eigenvalue weighted by Gasteiger charge is -2.43. The summed E-state index contributed by atoms with van der Waals surface area (Å²) in [5.41, 5.74) is 4.24. The van der Waals surface area contributed by atoms with Crippen LogP contribution < -0.4 is 0 Å². The van der Waals surface area contributed by atoms with E-state index >= 15 is 4.79 Å². The Morgan fingerprint density at radius 3 is 1.19 bits per heavy atom. The van der Waals surface area contributed by atoms with Crippen LogP contribution in [0, 0.1) is 0 Å². The number of rotatable bonds is 12. The molecule has 0 aromatic carbocycles. The van der Waals surface area contributed by atoms with Crippen LogP contribution in [0.25, 0.3) is 0 Å². The van der Waals surface area contributed by atoms with Crippen molar-refractivity contribution in [1.82, 2.24) is 39.4 Å². The summed E-state index contributed by atoms with van der Waals surface area (Å²) >= 11 is 0. The van der Waals surface area contributed by atoms with Crippen LogP contribution in [0.5, 0.6) is 0 Å². The number of piperazine rings is 2. The smallest absolute Gasteiger partial charge is 0.179 e. The highest BCUT2D eigenvalue weighted by molar-refractivity contribution is 5.90. The molecule has 6 heterocycles. The van der Waals surface area contributed by atoms with Crippen molar-refractivity contribution in [3.8, 4) is 0 Å². The van der Waals surface area contributed by atoms with Gasteiger partial charge >= 0.3 is 0 Å². The van der Waals surface area contributed by atoms with Gasteiger partial charge in [0.2, 0.25) is 0 Å². The molecule has 4 fully saturated rings. The van der Waals surface area contributed by atoms with Crippen molar-refractivity contribution in [1.29, 1.82) is 0 Å². The van der Waals surface area contributed by atoms with Gasteiger partial charge in [0.15, 0.2) is 5.78 Å². The van der Waals surface area contributed by atoms with E-state index in [4.69, 9.17) is 9.97 Å². The number of likely N-dealkylation sites (tertiary alicyclic amines) is 2. The minimum Gasteiger partial charge on any atom is -0.299 e. The fourth-order valence-electron chi connectivity index (χ4n) is 8.33. The molecule has 2 aromatic heterocycles. The molecule has 0 amide bonds. The minimum atomic E-state index is -0.397. The Labute approximate surface area is 290 Å². The molecule has 2 atom stereocenters. The van der Waals surface area contributed by atoms with Gasteiger partial charge in [-0.25, -0.2) is 0 Å². The standard InChI is InChI=1S/C39H62N8O/c1-31(2)44-19-23-46(24-20-44)37(35-13-11-33(27-40-35)29-42-15-7-5-8-16-42)39(48)38(47-25-21-45(22-26-47)32(3)4)36-14-12-34(28-41-36)30-43-17-9-6-10-18-43/h11-14,27-28,31-32,37-38H,5-10,15-26,29-30H2,1-4H3. The van der Waals surface area contributed by atoms with Gasteiger partial charge in [-0.05, 0) is 103 Å². The zero-order valence-corrected chi connectivity index (χ0v) is 30.4. The molecule has 0 N–H and O–H groups in total. The van der Waals surface area contributed by atoms with Crippen molar-refractivity contribution in [3.05, 3.63) is 59.2 Å². The van der Waals surface area contributed by atoms with E-state index in [0.717, 1.165) is 76.8 Å². The van der Waals surface area contributed by atoms with Crippen LogP contribution in [0.15, 0.2) is 36.7 Å². The van der Waals surface area contributed by atoms with Crippen molar-refractivity contribution in [2.75, 3.05) is 78.5 Å². The predicted molar refractivity (Wildman–Crippen MR) is 194 cm³/mol. The Balaban J connectivity index is 1.28. The second-order valence-electron chi connectivity index (χ2n) is 15.4. The van der Waals surface area contributed by atoms with Crippen LogP contribution in [0.4, 0.5) is 0 Å². The maximum atomic E-state index is 15.3. The largest absolute Gasteiger partial charge is 0.299 e. The SMILES string of the molecule is CC(C)N1CCN(C(C(=O)C(c2ccc(CN3CCCCC3)cn2)N2CCN(C(C)C)CC2)c2ccc(CN3CCCCC3)cn2)CC1. The predicted octanol–water partition coefficient (Wildman–Crippen LogP) is 4.85. The average Bonchev–Trinajstić information content (AvgIpc) is 3.11. The molecule has 264 valence electrons. The number of hydrogen-bond donors (Lipinski definition) is 0. The van der Waals surface area contributed by atoms with Gasteiger partial charge in [-0.3, -0.25) is 44.2 Å². The number of nitrogens with zero attached hydrogens (tertiary/aromatic N) is 8. The zero-order chi connectivity index (χ0) is 33.5. The van der Waals surface area contributed by atoms with E-state index in [2.05, 4.69) is 81.4 Å². The van der Waals surface area contributed by atoms with Gasteiger partial charge in [-0.15, -0.1) is 0 Å². The summed E-state index contributed by atoms with van der Waals surface area (Å²) in [5, 5.41) is 0. The Kier molecular flexibility index (Phi) is 12.7. The Bertz CT molecular complexity index is 1160. The van der Waals surface area contributed by atoms with Crippen molar-refractivity contribution in [2.24, 2.45) is 0 Å². The van der Waals surface area contributed by atoms with Crippen LogP contribution in [0.1, 0.15) is 101 Å². The molecule has 0 aliphatic carbocycles. The number of carbonyl (C=O) groups is 1. The van der Waals surface area contributed by atoms with E-state index in [-0.39, 0.29) is 5.78 Å². The van der Waals surface area contributed by atoms with E-state index in [1.54, 1.807) is 0 Å². The van der Waals surface area contributed by atoms with E-state index in [0.29, 0.717) is 12.1 Å². The highest BCUT2D eigenvalue weighted by atomic mass is 16.1. The molecule has 6 rings (SSSR count). The van der Waals surface area contributed by atoms with Crippen LogP contribution in [0.2, 0.25) is 0 Å². The maximum absolute atomic E-state index is 15.3. The average molecular weight is 659 g/mol. The molecular formula is C39H62N8O. The van der Waals surface area contributed by atoms with Crippen molar-refractivity contribution in [3.63, 3.8) is 0 Å². The zero-order valence-electron chi connectivity index (χ0n) is 30.4. The monoisotopic (exact) mass is 659 g/mol. The summed E-state index contributed by atoms with van der Waals surface area (Å²) in [5.74, 6) is 0.221. The number of carbonyl (C=O) groups excluding carboxylic acids is 1. The summed E-state index contributed by atoms with van der Waals surface area (Å²) < 4.78 is 0. The molecule has 4 aliphatic rings. The van der Waals surface area contributed by atoms with Crippen LogP contribution in [-0.2, 0) is 17.9 Å². The second-order valence-corrected chi connectivity index (χ2v) is 15.4.